The summed E-state index contributed by atoms with van der Waals surface area (Å²) in [6, 6.07) is 0. The SMILES string of the molecule is CCNC(=NCC(C)(C)N1CCCCC1)NCCCOC(C)C. The predicted molar refractivity (Wildman–Crippen MR) is 99.2 cm³/mol. The number of aliphatic imine (C=N–C) groups is 1. The zero-order valence-corrected chi connectivity index (χ0v) is 16.0. The van der Waals surface area contributed by atoms with Gasteiger partial charge in [0.05, 0.1) is 12.6 Å². The highest BCUT2D eigenvalue weighted by Gasteiger charge is 2.27. The third-order valence-electron chi connectivity index (χ3n) is 4.25. The number of ether oxygens (including phenoxy) is 1. The summed E-state index contributed by atoms with van der Waals surface area (Å²) in [4.78, 5) is 7.39. The maximum Gasteiger partial charge on any atom is 0.191 e. The minimum Gasteiger partial charge on any atom is -0.379 e. The lowest BCUT2D eigenvalue weighted by Crippen LogP contribution is -2.49. The van der Waals surface area contributed by atoms with Gasteiger partial charge in [0.25, 0.3) is 0 Å². The Morgan fingerprint density at radius 2 is 1.87 bits per heavy atom. The minimum atomic E-state index is 0.128. The number of piperidine rings is 1. The molecule has 0 aliphatic carbocycles. The Labute approximate surface area is 143 Å². The van der Waals surface area contributed by atoms with Crippen molar-refractivity contribution in [3.63, 3.8) is 0 Å². The van der Waals surface area contributed by atoms with Crippen LogP contribution in [0, 0.1) is 0 Å². The van der Waals surface area contributed by atoms with Gasteiger partial charge in [0, 0.05) is 25.2 Å². The van der Waals surface area contributed by atoms with E-state index in [2.05, 4.69) is 50.2 Å². The number of likely N-dealkylation sites (tertiary alicyclic amines) is 1. The average molecular weight is 327 g/mol. The van der Waals surface area contributed by atoms with Gasteiger partial charge in [-0.05, 0) is 67.0 Å². The van der Waals surface area contributed by atoms with Crippen LogP contribution in [-0.4, -0.2) is 61.8 Å². The van der Waals surface area contributed by atoms with Crippen molar-refractivity contribution in [2.45, 2.75) is 71.9 Å². The Morgan fingerprint density at radius 3 is 2.48 bits per heavy atom. The summed E-state index contributed by atoms with van der Waals surface area (Å²) in [5.74, 6) is 0.919. The smallest absolute Gasteiger partial charge is 0.191 e. The number of hydrogen-bond donors (Lipinski definition) is 2. The zero-order chi connectivity index (χ0) is 17.1. The van der Waals surface area contributed by atoms with Crippen LogP contribution in [0.5, 0.6) is 0 Å². The topological polar surface area (TPSA) is 48.9 Å². The van der Waals surface area contributed by atoms with E-state index in [1.807, 2.05) is 0 Å². The fraction of sp³-hybridized carbons (Fsp3) is 0.944. The molecule has 0 aromatic heterocycles. The van der Waals surface area contributed by atoms with Crippen molar-refractivity contribution in [3.8, 4) is 0 Å². The summed E-state index contributed by atoms with van der Waals surface area (Å²) in [7, 11) is 0. The van der Waals surface area contributed by atoms with Crippen LogP contribution in [0.3, 0.4) is 0 Å². The summed E-state index contributed by atoms with van der Waals surface area (Å²) < 4.78 is 5.57. The Morgan fingerprint density at radius 1 is 1.17 bits per heavy atom. The highest BCUT2D eigenvalue weighted by molar-refractivity contribution is 5.79. The average Bonchev–Trinajstić information content (AvgIpc) is 2.53. The molecule has 0 amide bonds. The van der Waals surface area contributed by atoms with Gasteiger partial charge in [-0.1, -0.05) is 6.42 Å². The van der Waals surface area contributed by atoms with Crippen molar-refractivity contribution >= 4 is 5.96 Å². The molecule has 2 N–H and O–H groups in total. The highest BCUT2D eigenvalue weighted by Crippen LogP contribution is 2.20. The van der Waals surface area contributed by atoms with Gasteiger partial charge in [0.15, 0.2) is 5.96 Å². The molecule has 0 aromatic rings. The zero-order valence-electron chi connectivity index (χ0n) is 16.0. The van der Waals surface area contributed by atoms with Crippen LogP contribution < -0.4 is 10.6 Å². The van der Waals surface area contributed by atoms with Gasteiger partial charge >= 0.3 is 0 Å². The standard InChI is InChI=1S/C18H38N4O/c1-6-19-17(20-11-10-14-23-16(2)3)21-15-18(4,5)22-12-8-7-9-13-22/h16H,6-15H2,1-5H3,(H2,19,20,21). The van der Waals surface area contributed by atoms with Gasteiger partial charge in [-0.2, -0.15) is 0 Å². The predicted octanol–water partition coefficient (Wildman–Crippen LogP) is 2.62. The van der Waals surface area contributed by atoms with E-state index in [1.54, 1.807) is 0 Å². The first kappa shape index (κ1) is 20.2. The van der Waals surface area contributed by atoms with Gasteiger partial charge in [-0.3, -0.25) is 9.89 Å². The second-order valence-corrected chi connectivity index (χ2v) is 7.26. The van der Waals surface area contributed by atoms with Crippen LogP contribution >= 0.6 is 0 Å². The molecule has 136 valence electrons. The van der Waals surface area contributed by atoms with Crippen LogP contribution in [0.1, 0.15) is 60.3 Å². The molecule has 23 heavy (non-hydrogen) atoms. The van der Waals surface area contributed by atoms with Gasteiger partial charge in [-0.15, -0.1) is 0 Å². The third kappa shape index (κ3) is 8.56. The third-order valence-corrected chi connectivity index (χ3v) is 4.25. The van der Waals surface area contributed by atoms with E-state index in [-0.39, 0.29) is 5.54 Å². The molecule has 1 aliphatic heterocycles. The number of nitrogens with zero attached hydrogens (tertiary/aromatic N) is 2. The second-order valence-electron chi connectivity index (χ2n) is 7.26. The molecule has 1 aliphatic rings. The maximum absolute atomic E-state index is 5.57. The number of nitrogens with one attached hydrogen (secondary N) is 2. The minimum absolute atomic E-state index is 0.128. The number of rotatable bonds is 9. The molecule has 1 saturated heterocycles. The molecule has 0 aromatic carbocycles. The molecule has 0 saturated carbocycles. The lowest BCUT2D eigenvalue weighted by atomic mass is 9.99. The van der Waals surface area contributed by atoms with E-state index >= 15 is 0 Å². The second kappa shape index (κ2) is 10.9. The summed E-state index contributed by atoms with van der Waals surface area (Å²) in [5.41, 5.74) is 0.128. The molecular weight excluding hydrogens is 288 g/mol. The summed E-state index contributed by atoms with van der Waals surface area (Å²) in [6.45, 7) is 16.7. The first-order valence-electron chi connectivity index (χ1n) is 9.34. The molecule has 0 atom stereocenters. The van der Waals surface area contributed by atoms with Gasteiger partial charge in [0.1, 0.15) is 0 Å². The fourth-order valence-electron chi connectivity index (χ4n) is 2.81. The Balaban J connectivity index is 2.40. The normalized spacial score (nSPS) is 17.6. The van der Waals surface area contributed by atoms with E-state index < -0.39 is 0 Å². The first-order chi connectivity index (χ1) is 11.0. The van der Waals surface area contributed by atoms with E-state index in [1.165, 1.54) is 32.4 Å². The number of hydrogen-bond acceptors (Lipinski definition) is 3. The van der Waals surface area contributed by atoms with Crippen LogP contribution in [0.15, 0.2) is 4.99 Å². The van der Waals surface area contributed by atoms with E-state index in [9.17, 15) is 0 Å². The molecule has 1 fully saturated rings. The van der Waals surface area contributed by atoms with Crippen molar-refractivity contribution in [1.29, 1.82) is 0 Å². The van der Waals surface area contributed by atoms with Gasteiger partial charge < -0.3 is 15.4 Å². The molecule has 0 radical (unpaired) electrons. The molecule has 1 rings (SSSR count). The molecule has 0 bridgehead atoms. The maximum atomic E-state index is 5.57. The largest absolute Gasteiger partial charge is 0.379 e. The lowest BCUT2D eigenvalue weighted by Gasteiger charge is -2.40. The van der Waals surface area contributed by atoms with Crippen LogP contribution in [0.2, 0.25) is 0 Å². The molecule has 0 spiro atoms. The molecule has 5 heteroatoms. The molecule has 0 unspecified atom stereocenters. The summed E-state index contributed by atoms with van der Waals surface area (Å²) >= 11 is 0. The molecular formula is C18H38N4O. The highest BCUT2D eigenvalue weighted by atomic mass is 16.5. The van der Waals surface area contributed by atoms with Crippen molar-refractivity contribution < 1.29 is 4.74 Å². The summed E-state index contributed by atoms with van der Waals surface area (Å²) in [6.07, 6.45) is 5.32. The monoisotopic (exact) mass is 326 g/mol. The summed E-state index contributed by atoms with van der Waals surface area (Å²) in [5, 5.41) is 6.75. The van der Waals surface area contributed by atoms with Crippen molar-refractivity contribution in [2.24, 2.45) is 4.99 Å². The molecule has 5 nitrogen and oxygen atoms in total. The van der Waals surface area contributed by atoms with Gasteiger partial charge in [-0.25, -0.2) is 0 Å². The van der Waals surface area contributed by atoms with Crippen molar-refractivity contribution in [2.75, 3.05) is 39.3 Å². The lowest BCUT2D eigenvalue weighted by molar-refractivity contribution is 0.0776. The number of guanidine groups is 1. The van der Waals surface area contributed by atoms with Crippen LogP contribution in [0.4, 0.5) is 0 Å². The molecule has 1 heterocycles. The Hall–Kier alpha value is -0.810. The van der Waals surface area contributed by atoms with Gasteiger partial charge in [0.2, 0.25) is 0 Å². The first-order valence-corrected chi connectivity index (χ1v) is 9.34. The van der Waals surface area contributed by atoms with E-state index in [0.29, 0.717) is 6.10 Å². The fourth-order valence-corrected chi connectivity index (χ4v) is 2.81. The van der Waals surface area contributed by atoms with E-state index in [4.69, 9.17) is 9.73 Å². The van der Waals surface area contributed by atoms with Crippen LogP contribution in [0.25, 0.3) is 0 Å². The van der Waals surface area contributed by atoms with E-state index in [0.717, 1.165) is 38.6 Å². The Bertz CT molecular complexity index is 336. The van der Waals surface area contributed by atoms with Crippen molar-refractivity contribution in [1.82, 2.24) is 15.5 Å². The van der Waals surface area contributed by atoms with Crippen LogP contribution in [-0.2, 0) is 4.74 Å². The van der Waals surface area contributed by atoms with Crippen molar-refractivity contribution in [3.05, 3.63) is 0 Å². The quantitative estimate of drug-likeness (QED) is 0.388. The Kier molecular flexibility index (Phi) is 9.56.